The Hall–Kier alpha value is -1.71. The lowest BCUT2D eigenvalue weighted by molar-refractivity contribution is -0.255. The van der Waals surface area contributed by atoms with Crippen LogP contribution in [0, 0.1) is 0 Å². The predicted molar refractivity (Wildman–Crippen MR) is 109 cm³/mol. The number of carboxylic acid groups (broad SMARTS) is 1. The fourth-order valence-corrected chi connectivity index (χ4v) is 3.00. The normalized spacial score (nSPS) is 10.7. The fraction of sp³-hybridized carbons (Fsp3) is 0.696. The SMILES string of the molecule is CCCCCCCCOc1cc(OCCCCCCCC)cc(C(=O)[O-])c1. The highest BCUT2D eigenvalue weighted by molar-refractivity contribution is 5.86. The quantitative estimate of drug-likeness (QED) is 0.335. The molecule has 0 saturated heterocycles. The molecule has 4 heteroatoms. The van der Waals surface area contributed by atoms with Gasteiger partial charge in [0.05, 0.1) is 19.2 Å². The molecular weight excluding hydrogens is 340 g/mol. The summed E-state index contributed by atoms with van der Waals surface area (Å²) < 4.78 is 11.5. The van der Waals surface area contributed by atoms with Crippen molar-refractivity contribution < 1.29 is 19.4 Å². The van der Waals surface area contributed by atoms with Gasteiger partial charge in [0, 0.05) is 11.6 Å². The van der Waals surface area contributed by atoms with Gasteiger partial charge in [0.25, 0.3) is 0 Å². The van der Waals surface area contributed by atoms with E-state index >= 15 is 0 Å². The summed E-state index contributed by atoms with van der Waals surface area (Å²) in [5.41, 5.74) is 0.105. The molecule has 0 aromatic heterocycles. The van der Waals surface area contributed by atoms with Crippen molar-refractivity contribution in [3.8, 4) is 11.5 Å². The Morgan fingerprint density at radius 1 is 0.704 bits per heavy atom. The molecule has 0 N–H and O–H groups in total. The van der Waals surface area contributed by atoms with Crippen LogP contribution in [0.3, 0.4) is 0 Å². The molecule has 1 aromatic carbocycles. The van der Waals surface area contributed by atoms with Gasteiger partial charge in [0.15, 0.2) is 0 Å². The second-order valence-electron chi connectivity index (χ2n) is 7.21. The molecule has 0 fully saturated rings. The van der Waals surface area contributed by atoms with E-state index in [4.69, 9.17) is 9.47 Å². The monoisotopic (exact) mass is 377 g/mol. The minimum atomic E-state index is -1.20. The van der Waals surface area contributed by atoms with E-state index in [-0.39, 0.29) is 5.56 Å². The molecule has 0 bridgehead atoms. The van der Waals surface area contributed by atoms with E-state index in [0.29, 0.717) is 24.7 Å². The van der Waals surface area contributed by atoms with Gasteiger partial charge in [-0.05, 0) is 25.0 Å². The standard InChI is InChI=1S/C23H38O4/c1-3-5-7-9-11-13-15-26-21-17-20(23(24)25)18-22(19-21)27-16-14-12-10-8-6-4-2/h17-19H,3-16H2,1-2H3,(H,24,25)/p-1. The summed E-state index contributed by atoms with van der Waals surface area (Å²) in [4.78, 5) is 11.2. The summed E-state index contributed by atoms with van der Waals surface area (Å²) in [6.07, 6.45) is 14.3. The Morgan fingerprint density at radius 3 is 1.52 bits per heavy atom. The maximum absolute atomic E-state index is 11.2. The maximum Gasteiger partial charge on any atom is 0.123 e. The summed E-state index contributed by atoms with van der Waals surface area (Å²) in [5.74, 6) is -0.115. The van der Waals surface area contributed by atoms with Gasteiger partial charge < -0.3 is 19.4 Å². The largest absolute Gasteiger partial charge is 0.545 e. The fourth-order valence-electron chi connectivity index (χ4n) is 3.00. The van der Waals surface area contributed by atoms with E-state index in [1.165, 1.54) is 63.5 Å². The molecule has 1 rings (SSSR count). The molecule has 0 atom stereocenters. The van der Waals surface area contributed by atoms with Gasteiger partial charge in [-0.1, -0.05) is 78.1 Å². The van der Waals surface area contributed by atoms with Gasteiger partial charge in [0.2, 0.25) is 0 Å². The number of aromatic carboxylic acids is 1. The smallest absolute Gasteiger partial charge is 0.123 e. The van der Waals surface area contributed by atoms with Gasteiger partial charge in [-0.3, -0.25) is 0 Å². The summed E-state index contributed by atoms with van der Waals surface area (Å²) >= 11 is 0. The third kappa shape index (κ3) is 11.6. The van der Waals surface area contributed by atoms with Crippen molar-refractivity contribution in [1.29, 1.82) is 0 Å². The number of carbonyl (C=O) groups is 1. The van der Waals surface area contributed by atoms with Gasteiger partial charge in [0.1, 0.15) is 11.5 Å². The molecule has 0 aliphatic carbocycles. The summed E-state index contributed by atoms with van der Waals surface area (Å²) in [6, 6.07) is 4.81. The molecule has 0 heterocycles. The number of carboxylic acids is 1. The highest BCUT2D eigenvalue weighted by atomic mass is 16.5. The van der Waals surface area contributed by atoms with Gasteiger partial charge in [-0.2, -0.15) is 0 Å². The Balaban J connectivity index is 2.38. The second kappa shape index (κ2) is 15.4. The van der Waals surface area contributed by atoms with Crippen LogP contribution < -0.4 is 14.6 Å². The minimum Gasteiger partial charge on any atom is -0.545 e. The van der Waals surface area contributed by atoms with Gasteiger partial charge >= 0.3 is 0 Å². The lowest BCUT2D eigenvalue weighted by Crippen LogP contribution is -2.22. The van der Waals surface area contributed by atoms with E-state index in [1.807, 2.05) is 0 Å². The van der Waals surface area contributed by atoms with Crippen LogP contribution in [-0.2, 0) is 0 Å². The van der Waals surface area contributed by atoms with E-state index in [2.05, 4.69) is 13.8 Å². The van der Waals surface area contributed by atoms with Crippen LogP contribution in [0.4, 0.5) is 0 Å². The first-order chi connectivity index (χ1) is 13.2. The topological polar surface area (TPSA) is 58.6 Å². The first-order valence-corrected chi connectivity index (χ1v) is 10.8. The zero-order valence-electron chi connectivity index (χ0n) is 17.3. The van der Waals surface area contributed by atoms with Gasteiger partial charge in [-0.15, -0.1) is 0 Å². The molecule has 0 unspecified atom stereocenters. The maximum atomic E-state index is 11.2. The van der Waals surface area contributed by atoms with E-state index in [9.17, 15) is 9.90 Å². The number of unbranched alkanes of at least 4 members (excludes halogenated alkanes) is 10. The highest BCUT2D eigenvalue weighted by Gasteiger charge is 2.05. The van der Waals surface area contributed by atoms with Crippen LogP contribution in [0.15, 0.2) is 18.2 Å². The van der Waals surface area contributed by atoms with Crippen molar-refractivity contribution in [3.05, 3.63) is 23.8 Å². The van der Waals surface area contributed by atoms with Crippen molar-refractivity contribution in [3.63, 3.8) is 0 Å². The molecule has 154 valence electrons. The van der Waals surface area contributed by atoms with Crippen LogP contribution in [0.2, 0.25) is 0 Å². The zero-order chi connectivity index (χ0) is 19.7. The van der Waals surface area contributed by atoms with Crippen molar-refractivity contribution in [2.45, 2.75) is 90.9 Å². The van der Waals surface area contributed by atoms with E-state index < -0.39 is 5.97 Å². The van der Waals surface area contributed by atoms with Crippen LogP contribution in [0.1, 0.15) is 101 Å². The first kappa shape index (κ1) is 23.3. The molecule has 0 aliphatic heterocycles. The van der Waals surface area contributed by atoms with Crippen molar-refractivity contribution in [1.82, 2.24) is 0 Å². The van der Waals surface area contributed by atoms with E-state index in [1.54, 1.807) is 6.07 Å². The van der Waals surface area contributed by atoms with Crippen molar-refractivity contribution in [2.75, 3.05) is 13.2 Å². The molecular formula is C23H37O4-. The van der Waals surface area contributed by atoms with Crippen molar-refractivity contribution >= 4 is 5.97 Å². The number of carbonyl (C=O) groups excluding carboxylic acids is 1. The van der Waals surface area contributed by atoms with Crippen molar-refractivity contribution in [2.24, 2.45) is 0 Å². The molecule has 0 radical (unpaired) electrons. The summed E-state index contributed by atoms with van der Waals surface area (Å²) in [6.45, 7) is 5.61. The number of benzene rings is 1. The lowest BCUT2D eigenvalue weighted by atomic mass is 10.1. The molecule has 0 spiro atoms. The predicted octanol–water partition coefficient (Wildman–Crippen LogP) is 5.53. The Kier molecular flexibility index (Phi) is 13.3. The molecule has 0 aliphatic rings. The average molecular weight is 378 g/mol. The van der Waals surface area contributed by atoms with Crippen LogP contribution >= 0.6 is 0 Å². The summed E-state index contributed by atoms with van der Waals surface area (Å²) in [5, 5.41) is 11.2. The first-order valence-electron chi connectivity index (χ1n) is 10.8. The average Bonchev–Trinajstić information content (AvgIpc) is 2.66. The summed E-state index contributed by atoms with van der Waals surface area (Å²) in [7, 11) is 0. The lowest BCUT2D eigenvalue weighted by Gasteiger charge is -2.13. The Labute approximate surface area is 165 Å². The number of hydrogen-bond donors (Lipinski definition) is 0. The number of hydrogen-bond acceptors (Lipinski definition) is 4. The number of rotatable bonds is 17. The molecule has 0 amide bonds. The highest BCUT2D eigenvalue weighted by Crippen LogP contribution is 2.23. The molecule has 4 nitrogen and oxygen atoms in total. The van der Waals surface area contributed by atoms with Gasteiger partial charge in [-0.25, -0.2) is 0 Å². The Bertz CT molecular complexity index is 477. The van der Waals surface area contributed by atoms with Crippen LogP contribution in [0.25, 0.3) is 0 Å². The van der Waals surface area contributed by atoms with E-state index in [0.717, 1.165) is 25.7 Å². The molecule has 27 heavy (non-hydrogen) atoms. The minimum absolute atomic E-state index is 0.105. The van der Waals surface area contributed by atoms with Crippen LogP contribution in [0.5, 0.6) is 11.5 Å². The molecule has 0 saturated carbocycles. The Morgan fingerprint density at radius 2 is 1.11 bits per heavy atom. The third-order valence-electron chi connectivity index (χ3n) is 4.65. The molecule has 1 aromatic rings. The second-order valence-corrected chi connectivity index (χ2v) is 7.21. The third-order valence-corrected chi connectivity index (χ3v) is 4.65. The zero-order valence-corrected chi connectivity index (χ0v) is 17.3. The van der Waals surface area contributed by atoms with Crippen LogP contribution in [-0.4, -0.2) is 19.2 Å². The number of ether oxygens (including phenoxy) is 2.